The highest BCUT2D eigenvalue weighted by Crippen LogP contribution is 2.38. The first kappa shape index (κ1) is 13.0. The largest absolute Gasteiger partial charge is 0.434 e. The molecule has 0 radical (unpaired) electrons. The van der Waals surface area contributed by atoms with Crippen LogP contribution >= 0.6 is 22.9 Å². The third kappa shape index (κ3) is 2.70. The Morgan fingerprint density at radius 1 is 1.44 bits per heavy atom. The van der Waals surface area contributed by atoms with E-state index in [9.17, 15) is 8.78 Å². The Morgan fingerprint density at radius 3 is 2.72 bits per heavy atom. The summed E-state index contributed by atoms with van der Waals surface area (Å²) >= 11 is 7.13. The van der Waals surface area contributed by atoms with Crippen molar-refractivity contribution < 1.29 is 13.5 Å². The third-order valence-corrected chi connectivity index (χ3v) is 3.21. The number of hydrogen-bond acceptors (Lipinski definition) is 4. The monoisotopic (exact) mass is 290 g/mol. The molecule has 0 aliphatic heterocycles. The SMILES string of the molecule is Cc1nc(-c2cc(Cl)ccc2OC(F)F)c(N)s1. The molecule has 0 spiro atoms. The highest BCUT2D eigenvalue weighted by molar-refractivity contribution is 7.16. The Hall–Kier alpha value is -1.40. The number of aromatic nitrogens is 1. The summed E-state index contributed by atoms with van der Waals surface area (Å²) in [6, 6.07) is 4.35. The Kier molecular flexibility index (Phi) is 3.68. The lowest BCUT2D eigenvalue weighted by Gasteiger charge is -2.10. The van der Waals surface area contributed by atoms with Crippen LogP contribution in [0.1, 0.15) is 5.01 Å². The molecule has 0 atom stereocenters. The summed E-state index contributed by atoms with van der Waals surface area (Å²) in [7, 11) is 0. The van der Waals surface area contributed by atoms with E-state index in [2.05, 4.69) is 9.72 Å². The number of benzene rings is 1. The summed E-state index contributed by atoms with van der Waals surface area (Å²) in [6.45, 7) is -1.13. The van der Waals surface area contributed by atoms with Crippen molar-refractivity contribution in [1.29, 1.82) is 0 Å². The first-order valence-electron chi connectivity index (χ1n) is 4.95. The molecule has 0 aliphatic carbocycles. The zero-order valence-corrected chi connectivity index (χ0v) is 10.9. The maximum Gasteiger partial charge on any atom is 0.387 e. The van der Waals surface area contributed by atoms with Gasteiger partial charge in [0.2, 0.25) is 0 Å². The van der Waals surface area contributed by atoms with Crippen molar-refractivity contribution in [2.24, 2.45) is 0 Å². The van der Waals surface area contributed by atoms with Crippen LogP contribution in [0.2, 0.25) is 5.02 Å². The average molecular weight is 291 g/mol. The fourth-order valence-corrected chi connectivity index (χ4v) is 2.40. The van der Waals surface area contributed by atoms with Gasteiger partial charge in [0.15, 0.2) is 0 Å². The third-order valence-electron chi connectivity index (χ3n) is 2.17. The molecule has 0 amide bonds. The van der Waals surface area contributed by atoms with Crippen molar-refractivity contribution >= 4 is 27.9 Å². The molecule has 0 saturated heterocycles. The van der Waals surface area contributed by atoms with Gasteiger partial charge in [-0.3, -0.25) is 0 Å². The molecule has 1 aromatic carbocycles. The van der Waals surface area contributed by atoms with Gasteiger partial charge < -0.3 is 10.5 Å². The number of rotatable bonds is 3. The molecule has 18 heavy (non-hydrogen) atoms. The van der Waals surface area contributed by atoms with Crippen molar-refractivity contribution in [2.75, 3.05) is 5.73 Å². The van der Waals surface area contributed by atoms with Crippen LogP contribution < -0.4 is 10.5 Å². The number of anilines is 1. The smallest absolute Gasteiger partial charge is 0.387 e. The van der Waals surface area contributed by atoms with Crippen LogP contribution in [0.3, 0.4) is 0 Å². The van der Waals surface area contributed by atoms with Crippen LogP contribution in [-0.2, 0) is 0 Å². The molecule has 2 aromatic rings. The van der Waals surface area contributed by atoms with Gasteiger partial charge in [0.05, 0.1) is 5.01 Å². The molecule has 0 aliphatic rings. The Bertz CT molecular complexity index is 574. The molecule has 2 rings (SSSR count). The average Bonchev–Trinajstić information content (AvgIpc) is 2.60. The van der Waals surface area contributed by atoms with Crippen LogP contribution in [0.25, 0.3) is 11.3 Å². The molecule has 0 fully saturated rings. The fraction of sp³-hybridized carbons (Fsp3) is 0.182. The topological polar surface area (TPSA) is 48.1 Å². The van der Waals surface area contributed by atoms with E-state index in [0.29, 0.717) is 21.3 Å². The molecular formula is C11H9ClF2N2OS. The van der Waals surface area contributed by atoms with Crippen LogP contribution in [0.5, 0.6) is 5.75 Å². The second-order valence-electron chi connectivity index (χ2n) is 3.46. The molecule has 0 saturated carbocycles. The normalized spacial score (nSPS) is 10.9. The second-order valence-corrected chi connectivity index (χ2v) is 5.14. The van der Waals surface area contributed by atoms with E-state index >= 15 is 0 Å². The molecule has 96 valence electrons. The number of aryl methyl sites for hydroxylation is 1. The number of hydrogen-bond donors (Lipinski definition) is 1. The van der Waals surface area contributed by atoms with Gasteiger partial charge in [-0.25, -0.2) is 4.98 Å². The van der Waals surface area contributed by atoms with E-state index in [-0.39, 0.29) is 5.75 Å². The molecular weight excluding hydrogens is 282 g/mol. The molecule has 0 bridgehead atoms. The number of nitrogen functional groups attached to an aromatic ring is 1. The minimum Gasteiger partial charge on any atom is -0.434 e. The molecule has 1 aromatic heterocycles. The predicted molar refractivity (Wildman–Crippen MR) is 68.3 cm³/mol. The van der Waals surface area contributed by atoms with E-state index in [4.69, 9.17) is 17.3 Å². The van der Waals surface area contributed by atoms with Crippen LogP contribution in [0.4, 0.5) is 13.8 Å². The minimum absolute atomic E-state index is 0.00593. The summed E-state index contributed by atoms with van der Waals surface area (Å²) in [4.78, 5) is 4.20. The lowest BCUT2D eigenvalue weighted by atomic mass is 10.1. The number of ether oxygens (including phenoxy) is 1. The highest BCUT2D eigenvalue weighted by atomic mass is 35.5. The van der Waals surface area contributed by atoms with Crippen molar-refractivity contribution in [3.05, 3.63) is 28.2 Å². The fourth-order valence-electron chi connectivity index (χ4n) is 1.52. The predicted octanol–water partition coefficient (Wildman–Crippen LogP) is 3.96. The van der Waals surface area contributed by atoms with Crippen molar-refractivity contribution in [2.45, 2.75) is 13.5 Å². The number of thiazole rings is 1. The van der Waals surface area contributed by atoms with E-state index < -0.39 is 6.61 Å². The van der Waals surface area contributed by atoms with Crippen LogP contribution in [-0.4, -0.2) is 11.6 Å². The summed E-state index contributed by atoms with van der Waals surface area (Å²) in [5.74, 6) is 0.00593. The molecule has 3 nitrogen and oxygen atoms in total. The maximum atomic E-state index is 12.3. The minimum atomic E-state index is -2.91. The zero-order valence-electron chi connectivity index (χ0n) is 9.28. The maximum absolute atomic E-state index is 12.3. The van der Waals surface area contributed by atoms with Crippen LogP contribution in [0.15, 0.2) is 18.2 Å². The van der Waals surface area contributed by atoms with Crippen molar-refractivity contribution in [3.63, 3.8) is 0 Å². The second kappa shape index (κ2) is 5.07. The van der Waals surface area contributed by atoms with Gasteiger partial charge in [-0.05, 0) is 25.1 Å². The summed E-state index contributed by atoms with van der Waals surface area (Å²) < 4.78 is 29.1. The van der Waals surface area contributed by atoms with Gasteiger partial charge >= 0.3 is 6.61 Å². The summed E-state index contributed by atoms with van der Waals surface area (Å²) in [6.07, 6.45) is 0. The lowest BCUT2D eigenvalue weighted by Crippen LogP contribution is -2.03. The number of halogens is 3. The van der Waals surface area contributed by atoms with Gasteiger partial charge in [0, 0.05) is 10.6 Å². The first-order chi connectivity index (χ1) is 8.47. The summed E-state index contributed by atoms with van der Waals surface area (Å²) in [5.41, 5.74) is 6.57. The van der Waals surface area contributed by atoms with E-state index in [1.54, 1.807) is 6.92 Å². The van der Waals surface area contributed by atoms with Gasteiger partial charge in [-0.1, -0.05) is 11.6 Å². The van der Waals surface area contributed by atoms with Gasteiger partial charge in [0.1, 0.15) is 16.4 Å². The van der Waals surface area contributed by atoms with Gasteiger partial charge in [0.25, 0.3) is 0 Å². The summed E-state index contributed by atoms with van der Waals surface area (Å²) in [5, 5.41) is 1.58. The molecule has 7 heteroatoms. The van der Waals surface area contributed by atoms with E-state index in [1.807, 2.05) is 0 Å². The van der Waals surface area contributed by atoms with Gasteiger partial charge in [-0.2, -0.15) is 8.78 Å². The molecule has 2 N–H and O–H groups in total. The quantitative estimate of drug-likeness (QED) is 0.931. The molecule has 0 unspecified atom stereocenters. The van der Waals surface area contributed by atoms with E-state index in [0.717, 1.165) is 5.01 Å². The Morgan fingerprint density at radius 2 is 2.17 bits per heavy atom. The molecule has 1 heterocycles. The first-order valence-corrected chi connectivity index (χ1v) is 6.14. The number of alkyl halides is 2. The Balaban J connectivity index is 2.54. The van der Waals surface area contributed by atoms with Crippen LogP contribution in [0, 0.1) is 6.92 Å². The van der Waals surface area contributed by atoms with E-state index in [1.165, 1.54) is 29.5 Å². The van der Waals surface area contributed by atoms with Crippen molar-refractivity contribution in [3.8, 4) is 17.0 Å². The van der Waals surface area contributed by atoms with Crippen molar-refractivity contribution in [1.82, 2.24) is 4.98 Å². The zero-order chi connectivity index (χ0) is 13.3. The number of nitrogens with two attached hydrogens (primary N) is 1. The standard InChI is InChI=1S/C11H9ClF2N2OS/c1-5-16-9(10(15)18-5)7-4-6(12)2-3-8(7)17-11(13)14/h2-4,11H,15H2,1H3. The lowest BCUT2D eigenvalue weighted by molar-refractivity contribution is -0.0494. The van der Waals surface area contributed by atoms with Gasteiger partial charge in [-0.15, -0.1) is 11.3 Å². The highest BCUT2D eigenvalue weighted by Gasteiger charge is 2.16. The number of nitrogens with zero attached hydrogens (tertiary/aromatic N) is 1. The Labute approximate surface area is 111 Å².